The number of anilines is 1. The van der Waals surface area contributed by atoms with E-state index in [2.05, 4.69) is 31.3 Å². The Bertz CT molecular complexity index is 624. The molecule has 0 aliphatic carbocycles. The lowest BCUT2D eigenvalue weighted by Gasteiger charge is -2.25. The van der Waals surface area contributed by atoms with Crippen molar-refractivity contribution in [3.63, 3.8) is 0 Å². The van der Waals surface area contributed by atoms with E-state index in [1.165, 1.54) is 4.68 Å². The summed E-state index contributed by atoms with van der Waals surface area (Å²) in [6.07, 6.45) is -2.23. The van der Waals surface area contributed by atoms with Gasteiger partial charge in [-0.3, -0.25) is 4.98 Å². The molecule has 0 fully saturated rings. The predicted molar refractivity (Wildman–Crippen MR) is 70.4 cm³/mol. The first-order valence-electron chi connectivity index (χ1n) is 5.98. The minimum Gasteiger partial charge on any atom is -0.369 e. The largest absolute Gasteiger partial charge is 0.436 e. The first-order valence-corrected chi connectivity index (χ1v) is 6.78. The maximum Gasteiger partial charge on any atom is 0.436 e. The SMILES string of the molecule is FC(F)(F)c1nn2c(c1Br)NCCC2c1ccccn1. The minimum atomic E-state index is -4.49. The number of hydrogen-bond acceptors (Lipinski definition) is 3. The average molecular weight is 347 g/mol. The molecule has 4 nitrogen and oxygen atoms in total. The molecular weight excluding hydrogens is 337 g/mol. The van der Waals surface area contributed by atoms with E-state index >= 15 is 0 Å². The van der Waals surface area contributed by atoms with Gasteiger partial charge in [-0.25, -0.2) is 4.68 Å². The van der Waals surface area contributed by atoms with E-state index in [-0.39, 0.29) is 10.5 Å². The molecule has 0 spiro atoms. The van der Waals surface area contributed by atoms with E-state index in [9.17, 15) is 13.2 Å². The van der Waals surface area contributed by atoms with Crippen molar-refractivity contribution in [2.24, 2.45) is 0 Å². The first kappa shape index (κ1) is 13.4. The number of pyridine rings is 1. The number of hydrogen-bond donors (Lipinski definition) is 1. The summed E-state index contributed by atoms with van der Waals surface area (Å²) in [6.45, 7) is 0.572. The highest BCUT2D eigenvalue weighted by molar-refractivity contribution is 9.10. The summed E-state index contributed by atoms with van der Waals surface area (Å²) in [5.41, 5.74) is -0.207. The van der Waals surface area contributed by atoms with Crippen LogP contribution in [0.15, 0.2) is 28.9 Å². The zero-order chi connectivity index (χ0) is 14.3. The number of halogens is 4. The molecule has 8 heteroatoms. The molecule has 1 atom stereocenters. The molecule has 1 unspecified atom stereocenters. The third kappa shape index (κ3) is 2.17. The third-order valence-electron chi connectivity index (χ3n) is 3.16. The van der Waals surface area contributed by atoms with Crippen molar-refractivity contribution in [1.29, 1.82) is 0 Å². The van der Waals surface area contributed by atoms with Crippen molar-refractivity contribution in [3.8, 4) is 0 Å². The van der Waals surface area contributed by atoms with Crippen LogP contribution in [0.25, 0.3) is 0 Å². The Balaban J connectivity index is 2.10. The second-order valence-electron chi connectivity index (χ2n) is 4.44. The highest BCUT2D eigenvalue weighted by Crippen LogP contribution is 2.41. The number of nitrogens with zero attached hydrogens (tertiary/aromatic N) is 3. The van der Waals surface area contributed by atoms with Crippen molar-refractivity contribution in [1.82, 2.24) is 14.8 Å². The van der Waals surface area contributed by atoms with Crippen LogP contribution in [-0.2, 0) is 6.18 Å². The highest BCUT2D eigenvalue weighted by atomic mass is 79.9. The second-order valence-corrected chi connectivity index (χ2v) is 5.23. The predicted octanol–water partition coefficient (Wildman–Crippen LogP) is 3.46. The molecule has 2 aromatic heterocycles. The van der Waals surface area contributed by atoms with Gasteiger partial charge in [0.25, 0.3) is 0 Å². The average Bonchev–Trinajstić information content (AvgIpc) is 2.77. The molecule has 0 saturated heterocycles. The van der Waals surface area contributed by atoms with Crippen molar-refractivity contribution in [2.45, 2.75) is 18.6 Å². The standard InChI is InChI=1S/C12H10BrF3N4/c13-9-10(12(14,15)16)19-20-8(4-6-18-11(9)20)7-3-1-2-5-17-7/h1-3,5,8,18H,4,6H2. The van der Waals surface area contributed by atoms with Crippen LogP contribution in [0.5, 0.6) is 0 Å². The van der Waals surface area contributed by atoms with E-state index < -0.39 is 11.9 Å². The Hall–Kier alpha value is -1.57. The van der Waals surface area contributed by atoms with Gasteiger partial charge in [0.1, 0.15) is 5.82 Å². The van der Waals surface area contributed by atoms with Gasteiger partial charge < -0.3 is 5.32 Å². The van der Waals surface area contributed by atoms with Crippen LogP contribution in [0.2, 0.25) is 0 Å². The van der Waals surface area contributed by atoms with Crippen LogP contribution >= 0.6 is 15.9 Å². The number of fused-ring (bicyclic) bond motifs is 1. The Morgan fingerprint density at radius 1 is 1.35 bits per heavy atom. The summed E-state index contributed by atoms with van der Waals surface area (Å²) in [6, 6.07) is 5.08. The Morgan fingerprint density at radius 2 is 2.15 bits per heavy atom. The van der Waals surface area contributed by atoms with Crippen LogP contribution in [0, 0.1) is 0 Å². The summed E-state index contributed by atoms with van der Waals surface area (Å²) in [7, 11) is 0. The second kappa shape index (κ2) is 4.76. The molecule has 0 saturated carbocycles. The van der Waals surface area contributed by atoms with Gasteiger partial charge in [-0.2, -0.15) is 18.3 Å². The molecule has 0 radical (unpaired) electrons. The summed E-state index contributed by atoms with van der Waals surface area (Å²) in [5, 5.41) is 6.67. The molecule has 0 aromatic carbocycles. The molecule has 3 rings (SSSR count). The van der Waals surface area contributed by atoms with Crippen LogP contribution in [0.3, 0.4) is 0 Å². The lowest BCUT2D eigenvalue weighted by molar-refractivity contribution is -0.142. The summed E-state index contributed by atoms with van der Waals surface area (Å²) in [4.78, 5) is 4.22. The highest BCUT2D eigenvalue weighted by Gasteiger charge is 2.40. The lowest BCUT2D eigenvalue weighted by Crippen LogP contribution is -2.25. The Labute approximate surface area is 121 Å². The first-order chi connectivity index (χ1) is 9.48. The van der Waals surface area contributed by atoms with E-state index in [4.69, 9.17) is 0 Å². The van der Waals surface area contributed by atoms with Crippen molar-refractivity contribution >= 4 is 21.7 Å². The minimum absolute atomic E-state index is 0.0503. The van der Waals surface area contributed by atoms with Gasteiger partial charge >= 0.3 is 6.18 Å². The fourth-order valence-corrected chi connectivity index (χ4v) is 2.90. The maximum atomic E-state index is 12.9. The number of alkyl halides is 3. The number of aromatic nitrogens is 3. The Morgan fingerprint density at radius 3 is 2.80 bits per heavy atom. The molecule has 0 bridgehead atoms. The van der Waals surface area contributed by atoms with Gasteiger partial charge in [-0.05, 0) is 34.5 Å². The molecule has 0 amide bonds. The lowest BCUT2D eigenvalue weighted by atomic mass is 10.1. The number of rotatable bonds is 1. The topological polar surface area (TPSA) is 42.7 Å². The molecular formula is C12H10BrF3N4. The van der Waals surface area contributed by atoms with E-state index in [1.54, 1.807) is 18.3 Å². The van der Waals surface area contributed by atoms with Gasteiger partial charge in [-0.1, -0.05) is 6.07 Å². The van der Waals surface area contributed by atoms with Gasteiger partial charge in [0, 0.05) is 12.7 Å². The fraction of sp³-hybridized carbons (Fsp3) is 0.333. The molecule has 1 aliphatic heterocycles. The molecule has 3 heterocycles. The molecule has 20 heavy (non-hydrogen) atoms. The monoisotopic (exact) mass is 346 g/mol. The van der Waals surface area contributed by atoms with Crippen LogP contribution in [-0.4, -0.2) is 21.3 Å². The van der Waals surface area contributed by atoms with E-state index in [1.807, 2.05) is 6.07 Å². The zero-order valence-electron chi connectivity index (χ0n) is 10.2. The van der Waals surface area contributed by atoms with E-state index in [0.29, 0.717) is 24.5 Å². The van der Waals surface area contributed by atoms with Crippen molar-refractivity contribution < 1.29 is 13.2 Å². The smallest absolute Gasteiger partial charge is 0.369 e. The number of nitrogens with one attached hydrogen (secondary N) is 1. The molecule has 1 aliphatic rings. The normalized spacial score (nSPS) is 18.5. The van der Waals surface area contributed by atoms with Crippen LogP contribution < -0.4 is 5.32 Å². The summed E-state index contributed by atoms with van der Waals surface area (Å²) in [5.74, 6) is 0.347. The van der Waals surface area contributed by atoms with Gasteiger partial charge in [-0.15, -0.1) is 0 Å². The molecule has 106 valence electrons. The molecule has 2 aromatic rings. The van der Waals surface area contributed by atoms with Crippen molar-refractivity contribution in [3.05, 3.63) is 40.3 Å². The van der Waals surface area contributed by atoms with Gasteiger partial charge in [0.2, 0.25) is 0 Å². The quantitative estimate of drug-likeness (QED) is 0.859. The van der Waals surface area contributed by atoms with Crippen LogP contribution in [0.1, 0.15) is 23.9 Å². The van der Waals surface area contributed by atoms with Crippen molar-refractivity contribution in [2.75, 3.05) is 11.9 Å². The summed E-state index contributed by atoms with van der Waals surface area (Å²) >= 11 is 2.99. The van der Waals surface area contributed by atoms with E-state index in [0.717, 1.165) is 0 Å². The Kier molecular flexibility index (Phi) is 3.19. The third-order valence-corrected chi connectivity index (χ3v) is 3.91. The van der Waals surface area contributed by atoms with Crippen LogP contribution in [0.4, 0.5) is 19.0 Å². The van der Waals surface area contributed by atoms with Gasteiger partial charge in [0.15, 0.2) is 5.69 Å². The molecule has 1 N–H and O–H groups in total. The zero-order valence-corrected chi connectivity index (χ0v) is 11.7. The van der Waals surface area contributed by atoms with Gasteiger partial charge in [0.05, 0.1) is 16.2 Å². The maximum absolute atomic E-state index is 12.9. The fourth-order valence-electron chi connectivity index (χ4n) is 2.28. The summed E-state index contributed by atoms with van der Waals surface area (Å²) < 4.78 is 40.1.